The van der Waals surface area contributed by atoms with E-state index in [-0.39, 0.29) is 0 Å². The molecule has 23 heavy (non-hydrogen) atoms. The molecule has 2 aromatic carbocycles. The summed E-state index contributed by atoms with van der Waals surface area (Å²) in [5, 5.41) is 0.624. The lowest BCUT2D eigenvalue weighted by molar-refractivity contribution is 0.279. The van der Waals surface area contributed by atoms with Gasteiger partial charge in [-0.05, 0) is 25.0 Å². The van der Waals surface area contributed by atoms with Gasteiger partial charge in [0, 0.05) is 11.1 Å². The van der Waals surface area contributed by atoms with Gasteiger partial charge in [0.15, 0.2) is 0 Å². The molecule has 0 radical (unpaired) electrons. The van der Waals surface area contributed by atoms with Crippen LogP contribution in [-0.2, 0) is 13.6 Å². The summed E-state index contributed by atoms with van der Waals surface area (Å²) in [6, 6.07) is 17.3. The normalized spacial score (nSPS) is 19.9. The Morgan fingerprint density at radius 1 is 1.13 bits per heavy atom. The van der Waals surface area contributed by atoms with Crippen molar-refractivity contribution in [2.24, 2.45) is 0 Å². The van der Waals surface area contributed by atoms with E-state index in [1.165, 1.54) is 0 Å². The van der Waals surface area contributed by atoms with E-state index in [0.29, 0.717) is 24.1 Å². The first-order valence-corrected chi connectivity index (χ1v) is 9.17. The molecular weight excluding hydrogens is 307 g/mol. The Morgan fingerprint density at radius 3 is 2.52 bits per heavy atom. The molecule has 3 nitrogen and oxygen atoms in total. The van der Waals surface area contributed by atoms with Crippen LogP contribution in [0.2, 0.25) is 0 Å². The third-order valence-corrected chi connectivity index (χ3v) is 5.69. The zero-order valence-electron chi connectivity index (χ0n) is 13.1. The van der Waals surface area contributed by atoms with E-state index in [0.717, 1.165) is 16.7 Å². The van der Waals surface area contributed by atoms with Crippen molar-refractivity contribution in [3.8, 4) is 0 Å². The van der Waals surface area contributed by atoms with Crippen LogP contribution < -0.4 is 5.30 Å². The zero-order chi connectivity index (χ0) is 16.3. The van der Waals surface area contributed by atoms with Crippen molar-refractivity contribution in [2.75, 3.05) is 6.61 Å². The summed E-state index contributed by atoms with van der Waals surface area (Å²) in [4.78, 5) is 0. The molecule has 3 rings (SSSR count). The van der Waals surface area contributed by atoms with Gasteiger partial charge < -0.3 is 4.52 Å². The molecule has 4 heteroatoms. The maximum Gasteiger partial charge on any atom is 0.411 e. The highest BCUT2D eigenvalue weighted by molar-refractivity contribution is 7.62. The number of allylic oxidation sites excluding steroid dienone is 2. The number of hydrogen-bond acceptors (Lipinski definition) is 3. The fourth-order valence-corrected chi connectivity index (χ4v) is 4.60. The average molecular weight is 326 g/mol. The Balaban J connectivity index is 2.26. The highest BCUT2D eigenvalue weighted by Crippen LogP contribution is 2.56. The summed E-state index contributed by atoms with van der Waals surface area (Å²) in [6.07, 6.45) is 2.46. The highest BCUT2D eigenvalue weighted by Gasteiger charge is 2.38. The van der Waals surface area contributed by atoms with E-state index < -0.39 is 7.60 Å². The van der Waals surface area contributed by atoms with Gasteiger partial charge in [0.1, 0.15) is 5.76 Å². The standard InChI is InChI=1S/C19H19O3P/c1-3-10-17-16-13-8-9-14-18(16)23(20,21-4-2)22-19(17)15-11-6-5-7-12-15/h3,5-9,11-14H,1,4,10H2,2H3. The molecule has 118 valence electrons. The van der Waals surface area contributed by atoms with Crippen molar-refractivity contribution in [3.63, 3.8) is 0 Å². The lowest BCUT2D eigenvalue weighted by atomic mass is 9.98. The predicted octanol–water partition coefficient (Wildman–Crippen LogP) is 5.02. The van der Waals surface area contributed by atoms with E-state index in [9.17, 15) is 4.57 Å². The second kappa shape index (κ2) is 6.57. The van der Waals surface area contributed by atoms with Gasteiger partial charge in [-0.3, -0.25) is 4.52 Å². The minimum Gasteiger partial charge on any atom is -0.420 e. The first-order chi connectivity index (χ1) is 11.2. The largest absolute Gasteiger partial charge is 0.420 e. The molecule has 0 aromatic heterocycles. The Hall–Kier alpha value is -2.09. The van der Waals surface area contributed by atoms with Gasteiger partial charge in [-0.1, -0.05) is 54.6 Å². The third kappa shape index (κ3) is 2.90. The van der Waals surface area contributed by atoms with E-state index in [4.69, 9.17) is 9.05 Å². The molecule has 1 heterocycles. The summed E-state index contributed by atoms with van der Waals surface area (Å²) in [7, 11) is -3.38. The molecule has 0 N–H and O–H groups in total. The SMILES string of the molecule is C=CCC1=C(c2ccccc2)OP(=O)(OCC)c2ccccc21. The number of rotatable bonds is 5. The van der Waals surface area contributed by atoms with Crippen molar-refractivity contribution < 1.29 is 13.6 Å². The Labute approximate surface area is 136 Å². The minimum atomic E-state index is -3.38. The maximum absolute atomic E-state index is 13.3. The lowest BCUT2D eigenvalue weighted by Crippen LogP contribution is -2.20. The van der Waals surface area contributed by atoms with Crippen LogP contribution in [0.4, 0.5) is 0 Å². The van der Waals surface area contributed by atoms with Crippen LogP contribution in [0.25, 0.3) is 11.3 Å². The summed E-state index contributed by atoms with van der Waals surface area (Å²) in [6.45, 7) is 5.98. The molecular formula is C19H19O3P. The van der Waals surface area contributed by atoms with Crippen molar-refractivity contribution in [1.29, 1.82) is 0 Å². The quantitative estimate of drug-likeness (QED) is 0.572. The van der Waals surface area contributed by atoms with Gasteiger partial charge in [0.2, 0.25) is 0 Å². The molecule has 0 saturated carbocycles. The highest BCUT2D eigenvalue weighted by atomic mass is 31.2. The van der Waals surface area contributed by atoms with E-state index in [1.54, 1.807) is 0 Å². The fraction of sp³-hybridized carbons (Fsp3) is 0.158. The second-order valence-corrected chi connectivity index (χ2v) is 7.11. The van der Waals surface area contributed by atoms with Crippen molar-refractivity contribution in [3.05, 3.63) is 78.4 Å². The van der Waals surface area contributed by atoms with Gasteiger partial charge in [-0.15, -0.1) is 6.58 Å². The van der Waals surface area contributed by atoms with Crippen LogP contribution >= 0.6 is 7.60 Å². The van der Waals surface area contributed by atoms with Crippen LogP contribution in [0.3, 0.4) is 0 Å². The fourth-order valence-electron chi connectivity index (χ4n) is 2.74. The van der Waals surface area contributed by atoms with E-state index in [1.807, 2.05) is 67.6 Å². The van der Waals surface area contributed by atoms with Crippen molar-refractivity contribution >= 4 is 24.2 Å². The van der Waals surface area contributed by atoms with Crippen molar-refractivity contribution in [2.45, 2.75) is 13.3 Å². The van der Waals surface area contributed by atoms with Crippen LogP contribution in [-0.4, -0.2) is 6.61 Å². The Morgan fingerprint density at radius 2 is 1.83 bits per heavy atom. The van der Waals surface area contributed by atoms with E-state index >= 15 is 0 Å². The monoisotopic (exact) mass is 326 g/mol. The van der Waals surface area contributed by atoms with Crippen molar-refractivity contribution in [1.82, 2.24) is 0 Å². The molecule has 2 aromatic rings. The first kappa shape index (κ1) is 15.8. The van der Waals surface area contributed by atoms with Crippen LogP contribution in [0.1, 0.15) is 24.5 Å². The van der Waals surface area contributed by atoms with E-state index in [2.05, 4.69) is 6.58 Å². The molecule has 0 spiro atoms. The molecule has 0 bridgehead atoms. The lowest BCUT2D eigenvalue weighted by Gasteiger charge is -2.29. The number of fused-ring (bicyclic) bond motifs is 1. The van der Waals surface area contributed by atoms with Gasteiger partial charge in [0.05, 0.1) is 11.9 Å². The van der Waals surface area contributed by atoms with Gasteiger partial charge in [-0.25, -0.2) is 4.57 Å². The first-order valence-electron chi connectivity index (χ1n) is 7.63. The number of benzene rings is 2. The van der Waals surface area contributed by atoms with Crippen LogP contribution in [0.15, 0.2) is 67.3 Å². The predicted molar refractivity (Wildman–Crippen MR) is 94.5 cm³/mol. The topological polar surface area (TPSA) is 35.5 Å². The van der Waals surface area contributed by atoms with Gasteiger partial charge in [-0.2, -0.15) is 0 Å². The Kier molecular flexibility index (Phi) is 4.51. The number of hydrogen-bond donors (Lipinski definition) is 0. The maximum atomic E-state index is 13.3. The molecule has 0 fully saturated rings. The third-order valence-electron chi connectivity index (χ3n) is 3.69. The Bertz CT molecular complexity index is 793. The summed E-state index contributed by atoms with van der Waals surface area (Å²) in [5.74, 6) is 0.612. The molecule has 1 aliphatic rings. The molecule has 0 amide bonds. The van der Waals surface area contributed by atoms with Gasteiger partial charge in [0.25, 0.3) is 0 Å². The molecule has 0 aliphatic carbocycles. The smallest absolute Gasteiger partial charge is 0.411 e. The van der Waals surface area contributed by atoms with Crippen LogP contribution in [0, 0.1) is 0 Å². The summed E-state index contributed by atoms with van der Waals surface area (Å²) >= 11 is 0. The second-order valence-electron chi connectivity index (χ2n) is 5.19. The minimum absolute atomic E-state index is 0.324. The molecule has 0 saturated heterocycles. The molecule has 1 aliphatic heterocycles. The summed E-state index contributed by atoms with van der Waals surface area (Å²) < 4.78 is 24.8. The van der Waals surface area contributed by atoms with Gasteiger partial charge >= 0.3 is 7.60 Å². The zero-order valence-corrected chi connectivity index (χ0v) is 14.0. The summed E-state index contributed by atoms with van der Waals surface area (Å²) in [5.41, 5.74) is 2.78. The molecule has 1 unspecified atom stereocenters. The average Bonchev–Trinajstić information content (AvgIpc) is 2.59. The van der Waals surface area contributed by atoms with Crippen LogP contribution in [0.5, 0.6) is 0 Å². The molecule has 1 atom stereocenters.